The number of H-pyrrole nitrogens is 1. The molecule has 7 nitrogen and oxygen atoms in total. The number of fused-ring (bicyclic) bond motifs is 1. The maximum Gasteiger partial charge on any atom is 0.258 e. The average molecular weight is 467 g/mol. The molecule has 1 fully saturated rings. The average Bonchev–Trinajstić information content (AvgIpc) is 3.19. The Balaban J connectivity index is 1.53. The monoisotopic (exact) mass is 466 g/mol. The molecule has 1 atom stereocenters. The number of benzene rings is 2. The molecule has 0 aliphatic carbocycles. The molecular formula is C25H27ClN4O3. The summed E-state index contributed by atoms with van der Waals surface area (Å²) < 4.78 is 0. The number of aromatic nitrogens is 2. The maximum atomic E-state index is 13.4. The zero-order chi connectivity index (χ0) is 23.5. The van der Waals surface area contributed by atoms with E-state index in [9.17, 15) is 14.4 Å². The van der Waals surface area contributed by atoms with E-state index in [0.717, 1.165) is 18.5 Å². The lowest BCUT2D eigenvalue weighted by Gasteiger charge is -2.25. The highest BCUT2D eigenvalue weighted by Gasteiger charge is 2.37. The molecule has 1 aliphatic rings. The van der Waals surface area contributed by atoms with Crippen molar-refractivity contribution in [3.63, 3.8) is 0 Å². The van der Waals surface area contributed by atoms with Crippen molar-refractivity contribution in [1.82, 2.24) is 14.9 Å². The van der Waals surface area contributed by atoms with Crippen molar-refractivity contribution in [3.05, 3.63) is 69.2 Å². The molecule has 4 rings (SSSR count). The molecule has 1 N–H and O–H groups in total. The molecule has 0 saturated carbocycles. The molecule has 1 saturated heterocycles. The van der Waals surface area contributed by atoms with Crippen molar-refractivity contribution in [1.29, 1.82) is 0 Å². The van der Waals surface area contributed by atoms with Crippen LogP contribution in [0.5, 0.6) is 0 Å². The third-order valence-corrected chi connectivity index (χ3v) is 6.23. The van der Waals surface area contributed by atoms with Gasteiger partial charge in [-0.25, -0.2) is 4.98 Å². The lowest BCUT2D eigenvalue weighted by Crippen LogP contribution is -2.38. The van der Waals surface area contributed by atoms with Crippen molar-refractivity contribution in [2.45, 2.75) is 39.7 Å². The summed E-state index contributed by atoms with van der Waals surface area (Å²) in [7, 11) is 0. The van der Waals surface area contributed by atoms with Gasteiger partial charge in [0.25, 0.3) is 5.56 Å². The Morgan fingerprint density at radius 3 is 2.64 bits per heavy atom. The number of nitrogens with zero attached hydrogens (tertiary/aromatic N) is 3. The highest BCUT2D eigenvalue weighted by molar-refractivity contribution is 6.31. The van der Waals surface area contributed by atoms with E-state index in [2.05, 4.69) is 16.9 Å². The molecule has 0 radical (unpaired) electrons. The summed E-state index contributed by atoms with van der Waals surface area (Å²) in [6.07, 6.45) is 1.85. The quantitative estimate of drug-likeness (QED) is 0.571. The predicted octanol–water partition coefficient (Wildman–Crippen LogP) is 3.93. The number of carbonyl (C=O) groups is 2. The maximum absolute atomic E-state index is 13.4. The summed E-state index contributed by atoms with van der Waals surface area (Å²) in [6, 6.07) is 12.8. The second-order valence-electron chi connectivity index (χ2n) is 8.36. The molecule has 3 aromatic rings. The highest BCUT2D eigenvalue weighted by atomic mass is 35.5. The summed E-state index contributed by atoms with van der Waals surface area (Å²) >= 11 is 6.06. The van der Waals surface area contributed by atoms with E-state index in [0.29, 0.717) is 34.8 Å². The number of halogens is 1. The predicted molar refractivity (Wildman–Crippen MR) is 129 cm³/mol. The summed E-state index contributed by atoms with van der Waals surface area (Å²) in [5.41, 5.74) is 2.23. The van der Waals surface area contributed by atoms with Gasteiger partial charge in [0.05, 0.1) is 23.4 Å². The van der Waals surface area contributed by atoms with Crippen LogP contribution in [0.1, 0.15) is 38.1 Å². The van der Waals surface area contributed by atoms with Crippen molar-refractivity contribution in [2.75, 3.05) is 18.0 Å². The van der Waals surface area contributed by atoms with Crippen molar-refractivity contribution >= 4 is 40.0 Å². The fourth-order valence-electron chi connectivity index (χ4n) is 4.25. The Morgan fingerprint density at radius 1 is 1.18 bits per heavy atom. The summed E-state index contributed by atoms with van der Waals surface area (Å²) in [4.78, 5) is 49.2. The van der Waals surface area contributed by atoms with Gasteiger partial charge in [-0.1, -0.05) is 37.6 Å². The number of aryl methyl sites for hydroxylation is 1. The van der Waals surface area contributed by atoms with Crippen LogP contribution in [0.3, 0.4) is 0 Å². The summed E-state index contributed by atoms with van der Waals surface area (Å²) in [5, 5.41) is 0.937. The molecule has 0 spiro atoms. The van der Waals surface area contributed by atoms with E-state index < -0.39 is 5.92 Å². The van der Waals surface area contributed by atoms with Crippen molar-refractivity contribution in [2.24, 2.45) is 5.92 Å². The molecular weight excluding hydrogens is 440 g/mol. The minimum atomic E-state index is -0.434. The number of rotatable bonds is 7. The van der Waals surface area contributed by atoms with E-state index in [-0.39, 0.29) is 30.3 Å². The van der Waals surface area contributed by atoms with Crippen molar-refractivity contribution < 1.29 is 9.59 Å². The van der Waals surface area contributed by atoms with Crippen molar-refractivity contribution in [3.8, 4) is 0 Å². The van der Waals surface area contributed by atoms with Crippen LogP contribution in [0.2, 0.25) is 5.02 Å². The standard InChI is InChI=1S/C25H27ClN4O3/c1-3-11-29(15-22-27-21-13-18(26)7-10-20(21)24(32)28-22)25(33)17-12-23(31)30(14-17)19-8-5-16(4-2)6-9-19/h5-10,13,17H,3-4,11-12,14-15H2,1-2H3,(H,27,28,32). The van der Waals surface area contributed by atoms with Crippen LogP contribution in [0.4, 0.5) is 5.69 Å². The van der Waals surface area contributed by atoms with E-state index >= 15 is 0 Å². The molecule has 172 valence electrons. The zero-order valence-electron chi connectivity index (χ0n) is 18.8. The molecule has 0 bridgehead atoms. The molecule has 2 aromatic carbocycles. The summed E-state index contributed by atoms with van der Waals surface area (Å²) in [5.74, 6) is -0.197. The summed E-state index contributed by atoms with van der Waals surface area (Å²) in [6.45, 7) is 5.09. The van der Waals surface area contributed by atoms with Crippen LogP contribution < -0.4 is 10.5 Å². The smallest absolute Gasteiger partial charge is 0.258 e. The van der Waals surface area contributed by atoms with Gasteiger partial charge >= 0.3 is 0 Å². The van der Waals surface area contributed by atoms with Gasteiger partial charge in [0.2, 0.25) is 11.8 Å². The normalized spacial score (nSPS) is 15.9. The Labute approximate surface area is 197 Å². The number of hydrogen-bond donors (Lipinski definition) is 1. The highest BCUT2D eigenvalue weighted by Crippen LogP contribution is 2.27. The van der Waals surface area contributed by atoms with E-state index in [1.807, 2.05) is 31.2 Å². The first kappa shape index (κ1) is 23.0. The van der Waals surface area contributed by atoms with Crippen LogP contribution in [0, 0.1) is 5.92 Å². The Kier molecular flexibility index (Phi) is 6.79. The van der Waals surface area contributed by atoms with Gasteiger partial charge in [0.1, 0.15) is 5.82 Å². The molecule has 2 amide bonds. The van der Waals surface area contributed by atoms with E-state index in [4.69, 9.17) is 11.6 Å². The van der Waals surface area contributed by atoms with Crippen LogP contribution >= 0.6 is 11.6 Å². The number of aromatic amines is 1. The molecule has 33 heavy (non-hydrogen) atoms. The topological polar surface area (TPSA) is 86.4 Å². The number of carbonyl (C=O) groups excluding carboxylic acids is 2. The van der Waals surface area contributed by atoms with Gasteiger partial charge in [-0.2, -0.15) is 0 Å². The largest absolute Gasteiger partial charge is 0.335 e. The lowest BCUT2D eigenvalue weighted by molar-refractivity contribution is -0.136. The minimum absolute atomic E-state index is 0.0547. The third kappa shape index (κ3) is 4.93. The van der Waals surface area contributed by atoms with E-state index in [1.54, 1.807) is 28.0 Å². The first-order chi connectivity index (χ1) is 15.9. The molecule has 8 heteroatoms. The molecule has 1 aliphatic heterocycles. The number of amides is 2. The van der Waals surface area contributed by atoms with Crippen LogP contribution in [-0.2, 0) is 22.6 Å². The van der Waals surface area contributed by atoms with Gasteiger partial charge in [-0.05, 0) is 48.7 Å². The van der Waals surface area contributed by atoms with Gasteiger partial charge in [0.15, 0.2) is 0 Å². The molecule has 1 aromatic heterocycles. The number of anilines is 1. The Bertz CT molecular complexity index is 1240. The second kappa shape index (κ2) is 9.75. The molecule has 1 unspecified atom stereocenters. The van der Waals surface area contributed by atoms with Gasteiger partial charge < -0.3 is 14.8 Å². The van der Waals surface area contributed by atoms with E-state index in [1.165, 1.54) is 5.56 Å². The second-order valence-corrected chi connectivity index (χ2v) is 8.80. The number of nitrogens with one attached hydrogen (secondary N) is 1. The van der Waals surface area contributed by atoms with Crippen LogP contribution in [0.15, 0.2) is 47.3 Å². The third-order valence-electron chi connectivity index (χ3n) is 5.99. The fourth-order valence-corrected chi connectivity index (χ4v) is 4.41. The SMILES string of the molecule is CCCN(Cc1nc2cc(Cl)ccc2c(=O)[nH]1)C(=O)C1CC(=O)N(c2ccc(CC)cc2)C1. The first-order valence-corrected chi connectivity index (χ1v) is 11.6. The van der Waals surface area contributed by atoms with Gasteiger partial charge in [-0.15, -0.1) is 0 Å². The molecule has 2 heterocycles. The van der Waals surface area contributed by atoms with Crippen LogP contribution in [0.25, 0.3) is 10.9 Å². The van der Waals surface area contributed by atoms with Crippen LogP contribution in [-0.4, -0.2) is 39.8 Å². The zero-order valence-corrected chi connectivity index (χ0v) is 19.6. The Hall–Kier alpha value is -3.19. The fraction of sp³-hybridized carbons (Fsp3) is 0.360. The minimum Gasteiger partial charge on any atom is -0.335 e. The number of hydrogen-bond acceptors (Lipinski definition) is 4. The van der Waals surface area contributed by atoms with Gasteiger partial charge in [-0.3, -0.25) is 14.4 Å². The van der Waals surface area contributed by atoms with Gasteiger partial charge in [0, 0.05) is 30.2 Å². The lowest BCUT2D eigenvalue weighted by atomic mass is 10.1. The first-order valence-electron chi connectivity index (χ1n) is 11.3. The Morgan fingerprint density at radius 2 is 1.94 bits per heavy atom.